The van der Waals surface area contributed by atoms with Crippen molar-refractivity contribution in [3.63, 3.8) is 0 Å². The average Bonchev–Trinajstić information content (AvgIpc) is 2.62. The first-order chi connectivity index (χ1) is 7.31. The van der Waals surface area contributed by atoms with Gasteiger partial charge in [-0.15, -0.1) is 0 Å². The molecule has 0 radical (unpaired) electrons. The molecule has 5 nitrogen and oxygen atoms in total. The van der Waals surface area contributed by atoms with E-state index in [1.807, 2.05) is 0 Å². The molecule has 1 aliphatic heterocycles. The summed E-state index contributed by atoms with van der Waals surface area (Å²) in [5, 5.41) is 0. The highest BCUT2D eigenvalue weighted by molar-refractivity contribution is 5.78. The SMILES string of the molecule is NCC1CCC(=O)N1Cc1ncccn1. The predicted octanol–water partition coefficient (Wildman–Crippen LogP) is -0.0737. The van der Waals surface area contributed by atoms with Crippen LogP contribution in [0.1, 0.15) is 18.7 Å². The van der Waals surface area contributed by atoms with Crippen LogP contribution in [-0.4, -0.2) is 33.4 Å². The largest absolute Gasteiger partial charge is 0.331 e. The van der Waals surface area contributed by atoms with Gasteiger partial charge in [-0.05, 0) is 12.5 Å². The molecule has 0 aromatic carbocycles. The van der Waals surface area contributed by atoms with E-state index in [0.29, 0.717) is 25.3 Å². The minimum Gasteiger partial charge on any atom is -0.331 e. The normalized spacial score (nSPS) is 21.0. The summed E-state index contributed by atoms with van der Waals surface area (Å²) in [6, 6.07) is 1.91. The monoisotopic (exact) mass is 206 g/mol. The minimum atomic E-state index is 0.151. The van der Waals surface area contributed by atoms with Crippen molar-refractivity contribution in [3.05, 3.63) is 24.3 Å². The molecule has 1 saturated heterocycles. The van der Waals surface area contributed by atoms with E-state index in [1.165, 1.54) is 0 Å². The van der Waals surface area contributed by atoms with Crippen LogP contribution in [0.2, 0.25) is 0 Å². The molecule has 1 aromatic heterocycles. The Morgan fingerprint density at radius 2 is 2.20 bits per heavy atom. The third-order valence-electron chi connectivity index (χ3n) is 2.66. The minimum absolute atomic E-state index is 0.151. The number of carbonyl (C=O) groups excluding carboxylic acids is 1. The molecule has 1 aliphatic rings. The summed E-state index contributed by atoms with van der Waals surface area (Å²) in [5.74, 6) is 0.823. The third-order valence-corrected chi connectivity index (χ3v) is 2.66. The Labute approximate surface area is 88.3 Å². The highest BCUT2D eigenvalue weighted by Crippen LogP contribution is 2.19. The summed E-state index contributed by atoms with van der Waals surface area (Å²) < 4.78 is 0. The zero-order valence-corrected chi connectivity index (χ0v) is 8.47. The molecule has 0 spiro atoms. The molecule has 1 atom stereocenters. The van der Waals surface area contributed by atoms with E-state index in [-0.39, 0.29) is 11.9 Å². The van der Waals surface area contributed by atoms with Crippen LogP contribution in [0.3, 0.4) is 0 Å². The van der Waals surface area contributed by atoms with Crippen LogP contribution in [0.25, 0.3) is 0 Å². The van der Waals surface area contributed by atoms with Gasteiger partial charge in [0.2, 0.25) is 5.91 Å². The Balaban J connectivity index is 2.07. The van der Waals surface area contributed by atoms with Crippen LogP contribution in [0, 0.1) is 0 Å². The Hall–Kier alpha value is -1.49. The molecule has 2 rings (SSSR count). The fourth-order valence-electron chi connectivity index (χ4n) is 1.82. The van der Waals surface area contributed by atoms with Gasteiger partial charge in [-0.25, -0.2) is 9.97 Å². The number of aromatic nitrogens is 2. The molecule has 1 unspecified atom stereocenters. The second-order valence-electron chi connectivity index (χ2n) is 3.61. The summed E-state index contributed by atoms with van der Waals surface area (Å²) in [5.41, 5.74) is 5.61. The van der Waals surface area contributed by atoms with Crippen molar-refractivity contribution >= 4 is 5.91 Å². The lowest BCUT2D eigenvalue weighted by atomic mass is 10.2. The highest BCUT2D eigenvalue weighted by Gasteiger charge is 2.30. The van der Waals surface area contributed by atoms with Crippen molar-refractivity contribution in [2.24, 2.45) is 5.73 Å². The molecule has 0 bridgehead atoms. The van der Waals surface area contributed by atoms with Gasteiger partial charge in [-0.2, -0.15) is 0 Å². The Morgan fingerprint density at radius 3 is 2.87 bits per heavy atom. The van der Waals surface area contributed by atoms with Gasteiger partial charge in [0.1, 0.15) is 5.82 Å². The van der Waals surface area contributed by atoms with Crippen molar-refractivity contribution < 1.29 is 4.79 Å². The van der Waals surface area contributed by atoms with Gasteiger partial charge >= 0.3 is 0 Å². The van der Waals surface area contributed by atoms with Gasteiger partial charge in [0.05, 0.1) is 6.54 Å². The van der Waals surface area contributed by atoms with Crippen LogP contribution in [0.5, 0.6) is 0 Å². The first kappa shape index (κ1) is 10.0. The van der Waals surface area contributed by atoms with Gasteiger partial charge in [0, 0.05) is 31.4 Å². The van der Waals surface area contributed by atoms with E-state index in [9.17, 15) is 4.79 Å². The number of carbonyl (C=O) groups is 1. The molecule has 0 saturated carbocycles. The van der Waals surface area contributed by atoms with E-state index >= 15 is 0 Å². The zero-order chi connectivity index (χ0) is 10.7. The Bertz CT molecular complexity index is 341. The van der Waals surface area contributed by atoms with E-state index in [2.05, 4.69) is 9.97 Å². The zero-order valence-electron chi connectivity index (χ0n) is 8.47. The van der Waals surface area contributed by atoms with E-state index in [0.717, 1.165) is 6.42 Å². The first-order valence-electron chi connectivity index (χ1n) is 5.06. The number of nitrogens with zero attached hydrogens (tertiary/aromatic N) is 3. The van der Waals surface area contributed by atoms with Crippen molar-refractivity contribution in [2.45, 2.75) is 25.4 Å². The number of nitrogens with two attached hydrogens (primary N) is 1. The highest BCUT2D eigenvalue weighted by atomic mass is 16.2. The fraction of sp³-hybridized carbons (Fsp3) is 0.500. The molecule has 1 amide bonds. The van der Waals surface area contributed by atoms with Gasteiger partial charge < -0.3 is 10.6 Å². The number of amides is 1. The van der Waals surface area contributed by atoms with Crippen molar-refractivity contribution in [1.82, 2.24) is 14.9 Å². The molecular formula is C10H14N4O. The molecule has 5 heteroatoms. The Morgan fingerprint density at radius 1 is 1.47 bits per heavy atom. The predicted molar refractivity (Wildman–Crippen MR) is 54.7 cm³/mol. The standard InChI is InChI=1S/C10H14N4O/c11-6-8-2-3-10(15)14(8)7-9-12-4-1-5-13-9/h1,4-5,8H,2-3,6-7,11H2. The average molecular weight is 206 g/mol. The van der Waals surface area contributed by atoms with Crippen molar-refractivity contribution in [2.75, 3.05) is 6.54 Å². The lowest BCUT2D eigenvalue weighted by Crippen LogP contribution is -2.37. The molecule has 80 valence electrons. The lowest BCUT2D eigenvalue weighted by Gasteiger charge is -2.22. The number of rotatable bonds is 3. The molecule has 1 aromatic rings. The van der Waals surface area contributed by atoms with E-state index in [1.54, 1.807) is 23.4 Å². The van der Waals surface area contributed by atoms with Crippen LogP contribution in [-0.2, 0) is 11.3 Å². The van der Waals surface area contributed by atoms with E-state index in [4.69, 9.17) is 5.73 Å². The van der Waals surface area contributed by atoms with Crippen molar-refractivity contribution in [3.8, 4) is 0 Å². The molecule has 15 heavy (non-hydrogen) atoms. The maximum absolute atomic E-state index is 11.6. The number of hydrogen-bond donors (Lipinski definition) is 1. The van der Waals surface area contributed by atoms with Crippen LogP contribution < -0.4 is 5.73 Å². The van der Waals surface area contributed by atoms with Crippen LogP contribution in [0.4, 0.5) is 0 Å². The summed E-state index contributed by atoms with van der Waals surface area (Å²) in [7, 11) is 0. The maximum atomic E-state index is 11.6. The molecule has 0 aliphatic carbocycles. The quantitative estimate of drug-likeness (QED) is 0.751. The lowest BCUT2D eigenvalue weighted by molar-refractivity contribution is -0.129. The number of likely N-dealkylation sites (tertiary alicyclic amines) is 1. The summed E-state index contributed by atoms with van der Waals surface area (Å²) >= 11 is 0. The summed E-state index contributed by atoms with van der Waals surface area (Å²) in [6.07, 6.45) is 4.80. The smallest absolute Gasteiger partial charge is 0.223 e. The van der Waals surface area contributed by atoms with Crippen LogP contribution in [0.15, 0.2) is 18.5 Å². The van der Waals surface area contributed by atoms with Gasteiger partial charge in [-0.1, -0.05) is 0 Å². The molecule has 2 N–H and O–H groups in total. The molecule has 2 heterocycles. The topological polar surface area (TPSA) is 72.1 Å². The first-order valence-corrected chi connectivity index (χ1v) is 5.06. The molecule has 1 fully saturated rings. The number of hydrogen-bond acceptors (Lipinski definition) is 4. The second-order valence-corrected chi connectivity index (χ2v) is 3.61. The van der Waals surface area contributed by atoms with Gasteiger partial charge in [-0.3, -0.25) is 4.79 Å². The maximum Gasteiger partial charge on any atom is 0.223 e. The van der Waals surface area contributed by atoms with E-state index < -0.39 is 0 Å². The molecular weight excluding hydrogens is 192 g/mol. The van der Waals surface area contributed by atoms with Gasteiger partial charge in [0.15, 0.2) is 0 Å². The fourth-order valence-corrected chi connectivity index (χ4v) is 1.82. The Kier molecular flexibility index (Phi) is 2.91. The summed E-state index contributed by atoms with van der Waals surface area (Å²) in [4.78, 5) is 21.5. The van der Waals surface area contributed by atoms with Gasteiger partial charge in [0.25, 0.3) is 0 Å². The van der Waals surface area contributed by atoms with Crippen molar-refractivity contribution in [1.29, 1.82) is 0 Å². The summed E-state index contributed by atoms with van der Waals surface area (Å²) in [6.45, 7) is 0.986. The van der Waals surface area contributed by atoms with Crippen LogP contribution >= 0.6 is 0 Å². The third kappa shape index (κ3) is 2.12. The second kappa shape index (κ2) is 4.35.